The van der Waals surface area contributed by atoms with E-state index in [4.69, 9.17) is 0 Å². The van der Waals surface area contributed by atoms with Crippen LogP contribution in [0.2, 0.25) is 0 Å². The molecule has 15 heavy (non-hydrogen) atoms. The van der Waals surface area contributed by atoms with Gasteiger partial charge in [0.1, 0.15) is 6.29 Å². The summed E-state index contributed by atoms with van der Waals surface area (Å²) in [5, 5.41) is 0. The minimum atomic E-state index is -0.463. The van der Waals surface area contributed by atoms with E-state index in [-0.39, 0.29) is 0 Å². The number of aldehydes is 1. The Labute approximate surface area is 97.6 Å². The van der Waals surface area contributed by atoms with Crippen LogP contribution in [0.15, 0.2) is 53.0 Å². The lowest BCUT2D eigenvalue weighted by molar-refractivity contribution is -0.111. The standard InChI is InChI=1S/C13H11BrO/c14-12-6-4-11(5-7-12)13(10-15)8-2-1-3-9-13/h1-8,10H,9H2. The van der Waals surface area contributed by atoms with Crippen molar-refractivity contribution in [1.29, 1.82) is 0 Å². The highest BCUT2D eigenvalue weighted by molar-refractivity contribution is 9.10. The van der Waals surface area contributed by atoms with Crippen molar-refractivity contribution in [3.05, 3.63) is 58.6 Å². The lowest BCUT2D eigenvalue weighted by Crippen LogP contribution is -2.25. The molecule has 1 aliphatic rings. The molecule has 0 N–H and O–H groups in total. The van der Waals surface area contributed by atoms with E-state index in [0.717, 1.165) is 22.7 Å². The van der Waals surface area contributed by atoms with Gasteiger partial charge in [0, 0.05) is 4.47 Å². The zero-order chi connectivity index (χ0) is 10.7. The third kappa shape index (κ3) is 1.95. The van der Waals surface area contributed by atoms with Crippen molar-refractivity contribution in [3.63, 3.8) is 0 Å². The molecule has 2 rings (SSSR count). The number of benzene rings is 1. The Morgan fingerprint density at radius 3 is 2.47 bits per heavy atom. The van der Waals surface area contributed by atoms with Crippen molar-refractivity contribution in [3.8, 4) is 0 Å². The Hall–Kier alpha value is -1.15. The second-order valence-corrected chi connectivity index (χ2v) is 4.57. The largest absolute Gasteiger partial charge is 0.302 e. The number of hydrogen-bond donors (Lipinski definition) is 0. The summed E-state index contributed by atoms with van der Waals surface area (Å²) in [7, 11) is 0. The number of halogens is 1. The Morgan fingerprint density at radius 2 is 1.93 bits per heavy atom. The van der Waals surface area contributed by atoms with E-state index in [1.54, 1.807) is 0 Å². The molecular weight excluding hydrogens is 252 g/mol. The summed E-state index contributed by atoms with van der Waals surface area (Å²) in [6.07, 6.45) is 9.66. The molecule has 0 saturated carbocycles. The summed E-state index contributed by atoms with van der Waals surface area (Å²) in [5.41, 5.74) is 0.580. The van der Waals surface area contributed by atoms with Gasteiger partial charge in [0.15, 0.2) is 0 Å². The van der Waals surface area contributed by atoms with Gasteiger partial charge in [-0.25, -0.2) is 0 Å². The predicted molar refractivity (Wildman–Crippen MR) is 64.8 cm³/mol. The zero-order valence-electron chi connectivity index (χ0n) is 8.19. The Morgan fingerprint density at radius 1 is 1.20 bits per heavy atom. The van der Waals surface area contributed by atoms with Crippen molar-refractivity contribution in [1.82, 2.24) is 0 Å². The van der Waals surface area contributed by atoms with Gasteiger partial charge >= 0.3 is 0 Å². The first-order valence-corrected chi connectivity index (χ1v) is 5.63. The summed E-state index contributed by atoms with van der Waals surface area (Å²) < 4.78 is 1.03. The van der Waals surface area contributed by atoms with E-state index >= 15 is 0 Å². The van der Waals surface area contributed by atoms with Gasteiger partial charge in [0.25, 0.3) is 0 Å². The van der Waals surface area contributed by atoms with Gasteiger partial charge in [0.05, 0.1) is 5.41 Å². The summed E-state index contributed by atoms with van der Waals surface area (Å²) >= 11 is 3.39. The topological polar surface area (TPSA) is 17.1 Å². The third-order valence-corrected chi connectivity index (χ3v) is 3.22. The van der Waals surface area contributed by atoms with Crippen molar-refractivity contribution in [2.24, 2.45) is 0 Å². The molecule has 76 valence electrons. The van der Waals surface area contributed by atoms with E-state index in [0.29, 0.717) is 0 Å². The molecule has 0 aromatic heterocycles. The average molecular weight is 263 g/mol. The molecule has 1 aromatic carbocycles. The second kappa shape index (κ2) is 4.15. The molecule has 0 heterocycles. The smallest absolute Gasteiger partial charge is 0.134 e. The quantitative estimate of drug-likeness (QED) is 0.747. The fourth-order valence-corrected chi connectivity index (χ4v) is 2.03. The van der Waals surface area contributed by atoms with Crippen LogP contribution in [0.25, 0.3) is 0 Å². The fourth-order valence-electron chi connectivity index (χ4n) is 1.77. The molecule has 0 amide bonds. The number of carbonyl (C=O) groups is 1. The third-order valence-electron chi connectivity index (χ3n) is 2.69. The summed E-state index contributed by atoms with van der Waals surface area (Å²) in [6, 6.07) is 7.91. The first-order valence-electron chi connectivity index (χ1n) is 4.84. The molecule has 0 spiro atoms. The maximum atomic E-state index is 11.3. The SMILES string of the molecule is O=CC1(c2ccc(Br)cc2)C=CC=CC1. The Bertz CT molecular complexity index is 417. The van der Waals surface area contributed by atoms with Crippen molar-refractivity contribution in [2.45, 2.75) is 11.8 Å². The van der Waals surface area contributed by atoms with E-state index in [1.165, 1.54) is 0 Å². The molecule has 1 aliphatic carbocycles. The van der Waals surface area contributed by atoms with Crippen LogP contribution in [0.4, 0.5) is 0 Å². The van der Waals surface area contributed by atoms with E-state index < -0.39 is 5.41 Å². The van der Waals surface area contributed by atoms with Crippen molar-refractivity contribution >= 4 is 22.2 Å². The highest BCUT2D eigenvalue weighted by Crippen LogP contribution is 2.31. The van der Waals surface area contributed by atoms with Gasteiger partial charge in [0.2, 0.25) is 0 Å². The van der Waals surface area contributed by atoms with Gasteiger partial charge in [-0.3, -0.25) is 0 Å². The van der Waals surface area contributed by atoms with Gasteiger partial charge in [-0.05, 0) is 24.1 Å². The molecule has 0 aliphatic heterocycles. The highest BCUT2D eigenvalue weighted by atomic mass is 79.9. The molecule has 1 atom stereocenters. The van der Waals surface area contributed by atoms with E-state index in [1.807, 2.05) is 48.6 Å². The monoisotopic (exact) mass is 262 g/mol. The van der Waals surface area contributed by atoms with Crippen LogP contribution >= 0.6 is 15.9 Å². The molecule has 1 aromatic rings. The molecule has 1 unspecified atom stereocenters. The summed E-state index contributed by atoms with van der Waals surface area (Å²) in [5.74, 6) is 0. The lowest BCUT2D eigenvalue weighted by Gasteiger charge is -2.25. The first kappa shape index (κ1) is 10.4. The van der Waals surface area contributed by atoms with Crippen LogP contribution < -0.4 is 0 Å². The minimum absolute atomic E-state index is 0.463. The molecule has 2 heteroatoms. The predicted octanol–water partition coefficient (Wildman–Crippen LogP) is 3.40. The summed E-state index contributed by atoms with van der Waals surface area (Å²) in [4.78, 5) is 11.3. The number of rotatable bonds is 2. The maximum Gasteiger partial charge on any atom is 0.134 e. The molecule has 0 fully saturated rings. The van der Waals surface area contributed by atoms with Gasteiger partial charge in [-0.15, -0.1) is 0 Å². The number of carbonyl (C=O) groups excluding carboxylic acids is 1. The fraction of sp³-hybridized carbons (Fsp3) is 0.154. The molecular formula is C13H11BrO. The Kier molecular flexibility index (Phi) is 2.87. The van der Waals surface area contributed by atoms with Gasteiger partial charge < -0.3 is 4.79 Å². The average Bonchev–Trinajstić information content (AvgIpc) is 2.31. The van der Waals surface area contributed by atoms with Crippen LogP contribution in [0, 0.1) is 0 Å². The van der Waals surface area contributed by atoms with E-state index in [2.05, 4.69) is 15.9 Å². The van der Waals surface area contributed by atoms with E-state index in [9.17, 15) is 4.79 Å². The van der Waals surface area contributed by atoms with Crippen LogP contribution in [0.5, 0.6) is 0 Å². The number of allylic oxidation sites excluding steroid dienone is 4. The van der Waals surface area contributed by atoms with Crippen molar-refractivity contribution < 1.29 is 4.79 Å². The Balaban J connectivity index is 2.42. The van der Waals surface area contributed by atoms with Gasteiger partial charge in [-0.1, -0.05) is 52.4 Å². The number of hydrogen-bond acceptors (Lipinski definition) is 1. The van der Waals surface area contributed by atoms with Crippen LogP contribution in [-0.4, -0.2) is 6.29 Å². The summed E-state index contributed by atoms with van der Waals surface area (Å²) in [6.45, 7) is 0. The zero-order valence-corrected chi connectivity index (χ0v) is 9.78. The lowest BCUT2D eigenvalue weighted by atomic mass is 9.77. The normalized spacial score (nSPS) is 24.1. The second-order valence-electron chi connectivity index (χ2n) is 3.66. The van der Waals surface area contributed by atoms with Crippen LogP contribution in [0.1, 0.15) is 12.0 Å². The molecule has 1 nitrogen and oxygen atoms in total. The maximum absolute atomic E-state index is 11.3. The van der Waals surface area contributed by atoms with Crippen LogP contribution in [0.3, 0.4) is 0 Å². The molecule has 0 bridgehead atoms. The molecule has 0 saturated heterocycles. The van der Waals surface area contributed by atoms with Gasteiger partial charge in [-0.2, -0.15) is 0 Å². The highest BCUT2D eigenvalue weighted by Gasteiger charge is 2.28. The molecule has 0 radical (unpaired) electrons. The first-order chi connectivity index (χ1) is 7.27. The van der Waals surface area contributed by atoms with Crippen LogP contribution in [-0.2, 0) is 10.2 Å². The minimum Gasteiger partial charge on any atom is -0.302 e. The van der Waals surface area contributed by atoms with Crippen molar-refractivity contribution in [2.75, 3.05) is 0 Å².